The number of carbonyl (C=O) groups is 4. The molecule has 0 bridgehead atoms. The van der Waals surface area contributed by atoms with E-state index in [1.54, 1.807) is 53.8 Å². The molecule has 6 N–H and O–H groups in total. The SMILES string of the molecule is C[C@H](N)C(=O)C1CCN(C(C)(C)C)[C@@]1(C(=O)O)C(=O)[C@H](Cc1c[nH]c2ccc(O)cc12)NC(=O)OC(C)(C)C. The van der Waals surface area contributed by atoms with E-state index < -0.39 is 58.3 Å². The van der Waals surface area contributed by atoms with Crippen LogP contribution >= 0.6 is 0 Å². The first-order valence-corrected chi connectivity index (χ1v) is 13.0. The third-order valence-electron chi connectivity index (χ3n) is 7.06. The number of hydrogen-bond acceptors (Lipinski definition) is 8. The molecule has 0 aliphatic carbocycles. The molecule has 1 aliphatic rings. The zero-order chi connectivity index (χ0) is 29.5. The fourth-order valence-electron chi connectivity index (χ4n) is 5.52. The molecule has 2 aromatic rings. The summed E-state index contributed by atoms with van der Waals surface area (Å²) in [6, 6.07) is 2.32. The normalized spacial score (nSPS) is 21.9. The smallest absolute Gasteiger partial charge is 0.408 e. The van der Waals surface area contributed by atoms with Crippen LogP contribution in [-0.2, 0) is 25.5 Å². The minimum absolute atomic E-state index is 0.00521. The van der Waals surface area contributed by atoms with Gasteiger partial charge in [-0.05, 0) is 78.6 Å². The van der Waals surface area contributed by atoms with Crippen molar-refractivity contribution in [3.05, 3.63) is 30.0 Å². The first kappa shape index (κ1) is 30.1. The Labute approximate surface area is 228 Å². The molecule has 1 aromatic heterocycles. The van der Waals surface area contributed by atoms with Crippen LogP contribution in [-0.4, -0.2) is 79.0 Å². The Morgan fingerprint density at radius 3 is 2.38 bits per heavy atom. The molecule has 4 atom stereocenters. The first-order chi connectivity index (χ1) is 17.9. The molecule has 3 rings (SSSR count). The quantitative estimate of drug-likeness (QED) is 0.313. The first-order valence-electron chi connectivity index (χ1n) is 13.0. The number of nitrogens with one attached hydrogen (secondary N) is 2. The third kappa shape index (κ3) is 5.94. The fourth-order valence-corrected chi connectivity index (χ4v) is 5.52. The van der Waals surface area contributed by atoms with Gasteiger partial charge >= 0.3 is 12.1 Å². The predicted octanol–water partition coefficient (Wildman–Crippen LogP) is 2.74. The molecule has 2 heterocycles. The van der Waals surface area contributed by atoms with E-state index in [0.717, 1.165) is 0 Å². The second-order valence-corrected chi connectivity index (χ2v) is 12.2. The lowest BCUT2D eigenvalue weighted by Crippen LogP contribution is -2.70. The maximum atomic E-state index is 14.6. The van der Waals surface area contributed by atoms with E-state index in [1.807, 2.05) is 0 Å². The number of fused-ring (bicyclic) bond motifs is 1. The summed E-state index contributed by atoms with van der Waals surface area (Å²) in [6.07, 6.45) is 0.734. The number of aliphatic carboxylic acids is 1. The van der Waals surface area contributed by atoms with E-state index in [9.17, 15) is 29.4 Å². The highest BCUT2D eigenvalue weighted by atomic mass is 16.6. The van der Waals surface area contributed by atoms with E-state index in [4.69, 9.17) is 10.5 Å². The van der Waals surface area contributed by atoms with Crippen LogP contribution in [0.4, 0.5) is 4.79 Å². The molecule has 0 radical (unpaired) electrons. The molecule has 11 nitrogen and oxygen atoms in total. The van der Waals surface area contributed by atoms with Crippen molar-refractivity contribution < 1.29 is 34.1 Å². The molecule has 1 aromatic carbocycles. The highest BCUT2D eigenvalue weighted by Crippen LogP contribution is 2.43. The molecular weight excluding hydrogens is 504 g/mol. The van der Waals surface area contributed by atoms with Crippen LogP contribution in [0.5, 0.6) is 5.75 Å². The highest BCUT2D eigenvalue weighted by molar-refractivity contribution is 6.15. The molecule has 0 spiro atoms. The van der Waals surface area contributed by atoms with Gasteiger partial charge in [-0.3, -0.25) is 14.5 Å². The number of rotatable bonds is 8. The van der Waals surface area contributed by atoms with E-state index in [1.165, 1.54) is 24.0 Å². The number of phenols is 1. The van der Waals surface area contributed by atoms with Crippen LogP contribution in [0.3, 0.4) is 0 Å². The van der Waals surface area contributed by atoms with Crippen LogP contribution in [0.25, 0.3) is 10.9 Å². The topological polar surface area (TPSA) is 175 Å². The van der Waals surface area contributed by atoms with Crippen molar-refractivity contribution in [3.63, 3.8) is 0 Å². The number of nitrogens with two attached hydrogens (primary N) is 1. The zero-order valence-corrected chi connectivity index (χ0v) is 23.6. The zero-order valence-electron chi connectivity index (χ0n) is 23.6. The summed E-state index contributed by atoms with van der Waals surface area (Å²) < 4.78 is 5.41. The van der Waals surface area contributed by atoms with Crippen LogP contribution < -0.4 is 11.1 Å². The van der Waals surface area contributed by atoms with Crippen LogP contribution in [0.15, 0.2) is 24.4 Å². The Kier molecular flexibility index (Phi) is 8.19. The Bertz CT molecular complexity index is 1270. The molecule has 214 valence electrons. The summed E-state index contributed by atoms with van der Waals surface area (Å²) in [4.78, 5) is 58.6. The number of Topliss-reactive ketones (excluding diaryl/α,β-unsaturated/α-hetero) is 2. The van der Waals surface area contributed by atoms with Crippen molar-refractivity contribution in [1.82, 2.24) is 15.2 Å². The number of ketones is 2. The van der Waals surface area contributed by atoms with Crippen LogP contribution in [0.1, 0.15) is 60.5 Å². The molecular formula is C28H40N4O7. The van der Waals surface area contributed by atoms with Gasteiger partial charge in [-0.25, -0.2) is 9.59 Å². The van der Waals surface area contributed by atoms with Gasteiger partial charge in [0.2, 0.25) is 0 Å². The number of hydrogen-bond donors (Lipinski definition) is 5. The maximum absolute atomic E-state index is 14.6. The highest BCUT2D eigenvalue weighted by Gasteiger charge is 2.66. The predicted molar refractivity (Wildman–Crippen MR) is 145 cm³/mol. The second-order valence-electron chi connectivity index (χ2n) is 12.2. The van der Waals surface area contributed by atoms with Crippen molar-refractivity contribution in [1.29, 1.82) is 0 Å². The minimum Gasteiger partial charge on any atom is -0.508 e. The largest absolute Gasteiger partial charge is 0.508 e. The van der Waals surface area contributed by atoms with E-state index in [0.29, 0.717) is 16.5 Å². The van der Waals surface area contributed by atoms with Gasteiger partial charge in [-0.15, -0.1) is 0 Å². The lowest BCUT2D eigenvalue weighted by atomic mass is 9.73. The van der Waals surface area contributed by atoms with Gasteiger partial charge in [-0.1, -0.05) is 0 Å². The van der Waals surface area contributed by atoms with Gasteiger partial charge in [0.25, 0.3) is 0 Å². The summed E-state index contributed by atoms with van der Waals surface area (Å²) in [6.45, 7) is 12.0. The Hall–Kier alpha value is -3.44. The van der Waals surface area contributed by atoms with Gasteiger partial charge in [-0.2, -0.15) is 0 Å². The molecule has 1 saturated heterocycles. The number of benzene rings is 1. The monoisotopic (exact) mass is 544 g/mol. The van der Waals surface area contributed by atoms with E-state index >= 15 is 0 Å². The summed E-state index contributed by atoms with van der Waals surface area (Å²) in [7, 11) is 0. The number of aromatic hydroxyl groups is 1. The number of carbonyl (C=O) groups excluding carboxylic acids is 3. The maximum Gasteiger partial charge on any atom is 0.408 e. The lowest BCUT2D eigenvalue weighted by Gasteiger charge is -2.45. The number of ether oxygens (including phenoxy) is 1. The number of aromatic amines is 1. The molecule has 1 aliphatic heterocycles. The number of carboxylic acid groups (broad SMARTS) is 1. The van der Waals surface area contributed by atoms with E-state index in [2.05, 4.69) is 10.3 Å². The number of H-pyrrole nitrogens is 1. The number of carboxylic acids is 1. The van der Waals surface area contributed by atoms with Gasteiger partial charge < -0.3 is 31.0 Å². The van der Waals surface area contributed by atoms with Crippen molar-refractivity contribution >= 4 is 34.5 Å². The Morgan fingerprint density at radius 1 is 1.21 bits per heavy atom. The van der Waals surface area contributed by atoms with Crippen molar-refractivity contribution in [2.75, 3.05) is 6.54 Å². The number of amides is 1. The molecule has 0 saturated carbocycles. The average Bonchev–Trinajstić information content (AvgIpc) is 3.38. The Balaban J connectivity index is 2.19. The number of alkyl carbamates (subject to hydrolysis) is 1. The van der Waals surface area contributed by atoms with Crippen molar-refractivity contribution in [2.45, 2.75) is 90.1 Å². The molecule has 1 fully saturated rings. The van der Waals surface area contributed by atoms with Crippen molar-refractivity contribution in [2.24, 2.45) is 11.7 Å². The van der Waals surface area contributed by atoms with Gasteiger partial charge in [0, 0.05) is 35.6 Å². The third-order valence-corrected chi connectivity index (χ3v) is 7.06. The number of likely N-dealkylation sites (tertiary alicyclic amines) is 1. The molecule has 11 heteroatoms. The van der Waals surface area contributed by atoms with E-state index in [-0.39, 0.29) is 25.1 Å². The summed E-state index contributed by atoms with van der Waals surface area (Å²) in [5.74, 6) is -4.08. The van der Waals surface area contributed by atoms with Crippen LogP contribution in [0, 0.1) is 5.92 Å². The molecule has 1 amide bonds. The fraction of sp³-hybridized carbons (Fsp3) is 0.571. The average molecular weight is 545 g/mol. The second kappa shape index (κ2) is 10.6. The standard InChI is InChI=1S/C28H40N4O7/c1-15(29)22(34)19-10-11-32(26(2,3)4)28(19,24(36)37)23(35)21(31-25(38)39-27(5,6)7)12-16-14-30-20-9-8-17(33)13-18(16)20/h8-9,13-15,19,21,30,33H,10-12,29H2,1-7H3,(H,31,38)(H,36,37)/t15-,19?,21-,28+/m0/s1. The summed E-state index contributed by atoms with van der Waals surface area (Å²) in [5.41, 5.74) is 3.18. The van der Waals surface area contributed by atoms with Gasteiger partial charge in [0.1, 0.15) is 11.4 Å². The number of aromatic nitrogens is 1. The molecule has 1 unspecified atom stereocenters. The van der Waals surface area contributed by atoms with Gasteiger partial charge in [0.05, 0.1) is 18.0 Å². The minimum atomic E-state index is -2.28. The number of phenolic OH excluding ortho intramolecular Hbond substituents is 1. The molecule has 39 heavy (non-hydrogen) atoms. The summed E-state index contributed by atoms with van der Waals surface area (Å²) >= 11 is 0. The van der Waals surface area contributed by atoms with Crippen LogP contribution in [0.2, 0.25) is 0 Å². The number of nitrogens with zero attached hydrogens (tertiary/aromatic N) is 1. The lowest BCUT2D eigenvalue weighted by molar-refractivity contribution is -0.166. The summed E-state index contributed by atoms with van der Waals surface area (Å²) in [5, 5.41) is 24.0. The van der Waals surface area contributed by atoms with Crippen molar-refractivity contribution in [3.8, 4) is 5.75 Å². The Morgan fingerprint density at radius 2 is 1.85 bits per heavy atom. The van der Waals surface area contributed by atoms with Gasteiger partial charge in [0.15, 0.2) is 17.1 Å².